The van der Waals surface area contributed by atoms with E-state index in [0.717, 1.165) is 66.5 Å². The molecule has 4 aliphatic rings. The molecular weight excluding hydrogens is 640 g/mol. The number of benzene rings is 2. The molecule has 12 nitrogen and oxygen atoms in total. The van der Waals surface area contributed by atoms with Crippen LogP contribution in [0.1, 0.15) is 82.4 Å². The summed E-state index contributed by atoms with van der Waals surface area (Å²) in [5, 5.41) is 26.2. The second-order valence-corrected chi connectivity index (χ2v) is 14.3. The van der Waals surface area contributed by atoms with Gasteiger partial charge in [0.15, 0.2) is 0 Å². The number of amides is 3. The van der Waals surface area contributed by atoms with E-state index in [1.807, 2.05) is 60.8 Å². The Balaban J connectivity index is 0.00000115. The molecule has 1 aromatic heterocycles. The molecule has 12 heteroatoms. The van der Waals surface area contributed by atoms with Crippen molar-refractivity contribution in [2.24, 2.45) is 23.7 Å². The Bertz CT molecular complexity index is 1640. The lowest BCUT2D eigenvalue weighted by Crippen LogP contribution is -2.60. The molecule has 6 N–H and O–H groups in total. The maximum atomic E-state index is 14.1. The number of carbonyl (C=O) groups excluding carboxylic acids is 3. The summed E-state index contributed by atoms with van der Waals surface area (Å²) in [7, 11) is 0. The minimum absolute atomic E-state index is 0.0555. The van der Waals surface area contributed by atoms with Crippen molar-refractivity contribution < 1.29 is 38.9 Å². The van der Waals surface area contributed by atoms with Gasteiger partial charge in [-0.3, -0.25) is 19.2 Å². The van der Waals surface area contributed by atoms with Gasteiger partial charge in [-0.1, -0.05) is 48.5 Å². The summed E-state index contributed by atoms with van der Waals surface area (Å²) in [5.74, 6) is -0.215. The molecule has 3 aromatic rings. The van der Waals surface area contributed by atoms with E-state index in [1.165, 1.54) is 6.42 Å². The van der Waals surface area contributed by atoms with Gasteiger partial charge in [-0.05, 0) is 86.3 Å². The standard InChI is InChI=1S/C36H44N4O6.C2H4O2/c1-36(19-27-20-37-29-11-6-5-10-28(27)29,40-35(45)46-33-25-15-22-14-23(17-25)18-26(33)16-22)34(44)38-21-30(24-8-3-2-4-9-24)39-31(41)12-7-13-32(42)43;1-2(3)4/h2-6,8-11,20,22-23,25-26,30,33,37H,7,12-19,21H2,1H3,(H,38,44)(H,39,41)(H,40,45)(H,42,43);1H3,(H,3,4)/t22?,23?,25?,26?,30-,33?,36+;/m0./s1. The van der Waals surface area contributed by atoms with E-state index < -0.39 is 35.5 Å². The lowest BCUT2D eigenvalue weighted by Gasteiger charge is -2.53. The number of alkyl carbamates (subject to hydrolysis) is 1. The van der Waals surface area contributed by atoms with Crippen molar-refractivity contribution >= 4 is 40.7 Å². The van der Waals surface area contributed by atoms with Crippen LogP contribution in [0.5, 0.6) is 0 Å². The fourth-order valence-electron chi connectivity index (χ4n) is 8.28. The van der Waals surface area contributed by atoms with Gasteiger partial charge < -0.3 is 35.9 Å². The molecule has 50 heavy (non-hydrogen) atoms. The molecule has 268 valence electrons. The fraction of sp³-hybridized carbons (Fsp3) is 0.500. The molecule has 0 saturated heterocycles. The van der Waals surface area contributed by atoms with Gasteiger partial charge in [0.05, 0.1) is 6.04 Å². The number of aliphatic carboxylic acids is 2. The van der Waals surface area contributed by atoms with Gasteiger partial charge in [-0.25, -0.2) is 4.79 Å². The SMILES string of the molecule is CC(=O)O.C[C@](Cc1c[nH]c2ccccc12)(NC(=O)OC1C2CC3CC(C2)CC1C3)C(=O)NC[C@H](NC(=O)CCCC(=O)O)c1ccccc1. The molecule has 0 unspecified atom stereocenters. The molecule has 4 saturated carbocycles. The lowest BCUT2D eigenvalue weighted by molar-refractivity contribution is -0.137. The van der Waals surface area contributed by atoms with E-state index in [0.29, 0.717) is 11.8 Å². The van der Waals surface area contributed by atoms with Crippen molar-refractivity contribution in [3.63, 3.8) is 0 Å². The number of carboxylic acid groups (broad SMARTS) is 2. The molecule has 4 aliphatic carbocycles. The van der Waals surface area contributed by atoms with Crippen LogP contribution in [0, 0.1) is 23.7 Å². The number of aromatic amines is 1. The number of ether oxygens (including phenoxy) is 1. The van der Waals surface area contributed by atoms with Gasteiger partial charge in [0.2, 0.25) is 11.8 Å². The molecule has 3 amide bonds. The Morgan fingerprint density at radius 2 is 1.52 bits per heavy atom. The number of hydrogen-bond donors (Lipinski definition) is 6. The number of H-pyrrole nitrogens is 1. The van der Waals surface area contributed by atoms with Crippen molar-refractivity contribution in [3.05, 3.63) is 71.9 Å². The Labute approximate surface area is 291 Å². The number of aromatic nitrogens is 1. The third-order valence-corrected chi connectivity index (χ3v) is 10.3. The van der Waals surface area contributed by atoms with Gasteiger partial charge in [0, 0.05) is 49.8 Å². The predicted octanol–water partition coefficient (Wildman–Crippen LogP) is 5.34. The van der Waals surface area contributed by atoms with Crippen molar-refractivity contribution in [2.45, 2.75) is 89.3 Å². The summed E-state index contributed by atoms with van der Waals surface area (Å²) in [4.78, 5) is 63.6. The summed E-state index contributed by atoms with van der Waals surface area (Å²) in [6.45, 7) is 2.87. The van der Waals surface area contributed by atoms with Crippen LogP contribution in [-0.4, -0.2) is 63.2 Å². The fourth-order valence-corrected chi connectivity index (χ4v) is 8.28. The molecule has 2 aromatic carbocycles. The Kier molecular flexibility index (Phi) is 11.8. The number of fused-ring (bicyclic) bond motifs is 1. The molecule has 0 radical (unpaired) electrons. The van der Waals surface area contributed by atoms with E-state index in [1.54, 1.807) is 6.92 Å². The maximum absolute atomic E-state index is 14.1. The molecule has 4 fully saturated rings. The minimum atomic E-state index is -1.36. The van der Waals surface area contributed by atoms with E-state index in [4.69, 9.17) is 19.7 Å². The van der Waals surface area contributed by atoms with Crippen LogP contribution in [0.25, 0.3) is 10.9 Å². The first-order valence-corrected chi connectivity index (χ1v) is 17.5. The van der Waals surface area contributed by atoms with Crippen molar-refractivity contribution in [2.75, 3.05) is 6.54 Å². The number of rotatable bonds is 13. The Hall–Kier alpha value is -4.87. The van der Waals surface area contributed by atoms with Crippen molar-refractivity contribution in [1.29, 1.82) is 0 Å². The van der Waals surface area contributed by atoms with Crippen molar-refractivity contribution in [3.8, 4) is 0 Å². The van der Waals surface area contributed by atoms with E-state index in [9.17, 15) is 19.2 Å². The van der Waals surface area contributed by atoms with E-state index in [-0.39, 0.29) is 44.2 Å². The first-order valence-electron chi connectivity index (χ1n) is 17.5. The van der Waals surface area contributed by atoms with Crippen LogP contribution in [-0.2, 0) is 30.3 Å². The zero-order chi connectivity index (χ0) is 35.8. The zero-order valence-corrected chi connectivity index (χ0v) is 28.7. The number of nitrogens with one attached hydrogen (secondary N) is 4. The van der Waals surface area contributed by atoms with Crippen LogP contribution in [0.15, 0.2) is 60.8 Å². The minimum Gasteiger partial charge on any atom is -0.481 e. The molecule has 4 bridgehead atoms. The Morgan fingerprint density at radius 3 is 2.16 bits per heavy atom. The second kappa shape index (κ2) is 16.2. The highest BCUT2D eigenvalue weighted by Gasteiger charge is 2.50. The van der Waals surface area contributed by atoms with E-state index in [2.05, 4.69) is 20.9 Å². The van der Waals surface area contributed by atoms with Crippen LogP contribution in [0.4, 0.5) is 4.79 Å². The third kappa shape index (κ3) is 9.42. The monoisotopic (exact) mass is 688 g/mol. The summed E-state index contributed by atoms with van der Waals surface area (Å²) in [6, 6.07) is 16.6. The molecule has 0 spiro atoms. The number of hydrogen-bond acceptors (Lipinski definition) is 6. The summed E-state index contributed by atoms with van der Waals surface area (Å²) in [5.41, 5.74) is 1.25. The van der Waals surface area contributed by atoms with Gasteiger partial charge in [0.25, 0.3) is 5.97 Å². The van der Waals surface area contributed by atoms with Crippen LogP contribution in [0.3, 0.4) is 0 Å². The molecule has 7 rings (SSSR count). The molecular formula is C38H48N4O8. The number of carbonyl (C=O) groups is 5. The summed E-state index contributed by atoms with van der Waals surface area (Å²) >= 11 is 0. The maximum Gasteiger partial charge on any atom is 0.408 e. The number of carboxylic acids is 2. The zero-order valence-electron chi connectivity index (χ0n) is 28.7. The highest BCUT2D eigenvalue weighted by Crippen LogP contribution is 2.54. The normalized spacial score (nSPS) is 23.4. The smallest absolute Gasteiger partial charge is 0.408 e. The Morgan fingerprint density at radius 1 is 0.900 bits per heavy atom. The number of para-hydroxylation sites is 1. The van der Waals surface area contributed by atoms with Crippen LogP contribution in [0.2, 0.25) is 0 Å². The van der Waals surface area contributed by atoms with Crippen LogP contribution >= 0.6 is 0 Å². The first kappa shape index (κ1) is 36.4. The average molecular weight is 689 g/mol. The van der Waals surface area contributed by atoms with Gasteiger partial charge in [-0.2, -0.15) is 0 Å². The molecule has 0 aliphatic heterocycles. The second-order valence-electron chi connectivity index (χ2n) is 14.3. The lowest BCUT2D eigenvalue weighted by atomic mass is 9.55. The third-order valence-electron chi connectivity index (χ3n) is 10.3. The van der Waals surface area contributed by atoms with Crippen LogP contribution < -0.4 is 16.0 Å². The summed E-state index contributed by atoms with van der Waals surface area (Å²) < 4.78 is 6.15. The van der Waals surface area contributed by atoms with Gasteiger partial charge >= 0.3 is 12.1 Å². The van der Waals surface area contributed by atoms with E-state index >= 15 is 0 Å². The first-order chi connectivity index (χ1) is 23.9. The topological polar surface area (TPSA) is 187 Å². The van der Waals surface area contributed by atoms with Crippen molar-refractivity contribution in [1.82, 2.24) is 20.9 Å². The quantitative estimate of drug-likeness (QED) is 0.139. The average Bonchev–Trinajstić information content (AvgIpc) is 3.46. The highest BCUT2D eigenvalue weighted by molar-refractivity contribution is 5.91. The highest BCUT2D eigenvalue weighted by atomic mass is 16.6. The molecule has 1 heterocycles. The van der Waals surface area contributed by atoms with Gasteiger partial charge in [-0.15, -0.1) is 0 Å². The predicted molar refractivity (Wildman–Crippen MR) is 186 cm³/mol. The van der Waals surface area contributed by atoms with Gasteiger partial charge in [0.1, 0.15) is 11.6 Å². The summed E-state index contributed by atoms with van der Waals surface area (Å²) in [6.07, 6.45) is 7.31. The molecule has 2 atom stereocenters. The largest absolute Gasteiger partial charge is 0.481 e.